The molecule has 0 spiro atoms. The molecule has 2 heteroatoms. The molecule has 0 aromatic heterocycles. The fourth-order valence-electron chi connectivity index (χ4n) is 2.42. The summed E-state index contributed by atoms with van der Waals surface area (Å²) < 4.78 is 5.27. The standard InChI is InChI=1S/C15H15NO/c1-17-13-7-4-6-11(9-13)15-14-8-3-2-5-12(14)10-16-15/h2-9,15-16H,10H2,1H3. The van der Waals surface area contributed by atoms with Gasteiger partial charge in [-0.15, -0.1) is 0 Å². The minimum absolute atomic E-state index is 0.293. The topological polar surface area (TPSA) is 21.3 Å². The van der Waals surface area contributed by atoms with Crippen molar-refractivity contribution < 1.29 is 4.74 Å². The van der Waals surface area contributed by atoms with E-state index in [1.54, 1.807) is 7.11 Å². The molecule has 0 amide bonds. The number of fused-ring (bicyclic) bond motifs is 1. The molecule has 1 aliphatic heterocycles. The van der Waals surface area contributed by atoms with Gasteiger partial charge in [-0.3, -0.25) is 0 Å². The third kappa shape index (κ3) is 1.81. The number of benzene rings is 2. The Morgan fingerprint density at radius 2 is 2.00 bits per heavy atom. The minimum atomic E-state index is 0.293. The zero-order valence-electron chi connectivity index (χ0n) is 9.81. The average Bonchev–Trinajstić information content (AvgIpc) is 2.82. The van der Waals surface area contributed by atoms with Gasteiger partial charge in [-0.25, -0.2) is 0 Å². The van der Waals surface area contributed by atoms with E-state index in [0.717, 1.165) is 12.3 Å². The molecule has 1 unspecified atom stereocenters. The highest BCUT2D eigenvalue weighted by Gasteiger charge is 2.22. The van der Waals surface area contributed by atoms with Crippen molar-refractivity contribution in [3.05, 3.63) is 65.2 Å². The zero-order chi connectivity index (χ0) is 11.7. The smallest absolute Gasteiger partial charge is 0.119 e. The van der Waals surface area contributed by atoms with E-state index >= 15 is 0 Å². The molecule has 0 aliphatic carbocycles. The lowest BCUT2D eigenvalue weighted by Gasteiger charge is -2.13. The number of methoxy groups -OCH3 is 1. The molecule has 86 valence electrons. The highest BCUT2D eigenvalue weighted by atomic mass is 16.5. The van der Waals surface area contributed by atoms with E-state index in [-0.39, 0.29) is 0 Å². The highest BCUT2D eigenvalue weighted by molar-refractivity contribution is 5.42. The van der Waals surface area contributed by atoms with Gasteiger partial charge in [-0.1, -0.05) is 36.4 Å². The Kier molecular flexibility index (Phi) is 2.57. The van der Waals surface area contributed by atoms with Crippen LogP contribution in [-0.2, 0) is 6.54 Å². The van der Waals surface area contributed by atoms with E-state index in [2.05, 4.69) is 41.7 Å². The van der Waals surface area contributed by atoms with Gasteiger partial charge in [-0.2, -0.15) is 0 Å². The van der Waals surface area contributed by atoms with Gasteiger partial charge in [-0.05, 0) is 28.8 Å². The van der Waals surface area contributed by atoms with Gasteiger partial charge in [0.2, 0.25) is 0 Å². The third-order valence-corrected chi connectivity index (χ3v) is 3.29. The normalized spacial score (nSPS) is 17.8. The van der Waals surface area contributed by atoms with Crippen LogP contribution in [-0.4, -0.2) is 7.11 Å². The Bertz CT molecular complexity index is 536. The first kappa shape index (κ1) is 10.4. The van der Waals surface area contributed by atoms with E-state index < -0.39 is 0 Å². The second-order valence-corrected chi connectivity index (χ2v) is 4.29. The van der Waals surface area contributed by atoms with E-state index in [1.807, 2.05) is 12.1 Å². The summed E-state index contributed by atoms with van der Waals surface area (Å²) in [6, 6.07) is 17.1. The Morgan fingerprint density at radius 1 is 1.12 bits per heavy atom. The Hall–Kier alpha value is -1.80. The molecule has 1 aliphatic rings. The summed E-state index contributed by atoms with van der Waals surface area (Å²) in [5, 5.41) is 3.53. The van der Waals surface area contributed by atoms with Crippen molar-refractivity contribution in [3.8, 4) is 5.75 Å². The molecule has 2 aromatic rings. The summed E-state index contributed by atoms with van der Waals surface area (Å²) in [7, 11) is 1.70. The van der Waals surface area contributed by atoms with Crippen LogP contribution in [0.15, 0.2) is 48.5 Å². The number of ether oxygens (including phenoxy) is 1. The van der Waals surface area contributed by atoms with Gasteiger partial charge in [0.25, 0.3) is 0 Å². The van der Waals surface area contributed by atoms with Crippen LogP contribution in [0.3, 0.4) is 0 Å². The lowest BCUT2D eigenvalue weighted by Crippen LogP contribution is -2.13. The summed E-state index contributed by atoms with van der Waals surface area (Å²) in [6.45, 7) is 0.943. The molecule has 0 fully saturated rings. The van der Waals surface area contributed by atoms with Crippen molar-refractivity contribution in [2.24, 2.45) is 0 Å². The predicted molar refractivity (Wildman–Crippen MR) is 68.1 cm³/mol. The summed E-state index contributed by atoms with van der Waals surface area (Å²) >= 11 is 0. The second-order valence-electron chi connectivity index (χ2n) is 4.29. The molecule has 1 N–H and O–H groups in total. The van der Waals surface area contributed by atoms with Crippen LogP contribution in [0.1, 0.15) is 22.7 Å². The summed E-state index contributed by atoms with van der Waals surface area (Å²) in [6.07, 6.45) is 0. The lowest BCUT2D eigenvalue weighted by molar-refractivity contribution is 0.414. The zero-order valence-corrected chi connectivity index (χ0v) is 9.81. The van der Waals surface area contributed by atoms with Crippen molar-refractivity contribution in [3.63, 3.8) is 0 Å². The fraction of sp³-hybridized carbons (Fsp3) is 0.200. The van der Waals surface area contributed by atoms with Crippen LogP contribution in [0.5, 0.6) is 5.75 Å². The van der Waals surface area contributed by atoms with E-state index in [9.17, 15) is 0 Å². The molecular formula is C15H15NO. The summed E-state index contributed by atoms with van der Waals surface area (Å²) in [5.74, 6) is 0.911. The van der Waals surface area contributed by atoms with Crippen molar-refractivity contribution in [1.82, 2.24) is 5.32 Å². The van der Waals surface area contributed by atoms with Gasteiger partial charge in [0.1, 0.15) is 5.75 Å². The molecule has 1 atom stereocenters. The largest absolute Gasteiger partial charge is 0.497 e. The number of nitrogens with one attached hydrogen (secondary N) is 1. The van der Waals surface area contributed by atoms with E-state index in [0.29, 0.717) is 6.04 Å². The second kappa shape index (κ2) is 4.22. The minimum Gasteiger partial charge on any atom is -0.497 e. The van der Waals surface area contributed by atoms with Crippen LogP contribution in [0.2, 0.25) is 0 Å². The number of hydrogen-bond donors (Lipinski definition) is 1. The predicted octanol–water partition coefficient (Wildman–Crippen LogP) is 2.89. The van der Waals surface area contributed by atoms with Crippen LogP contribution in [0.4, 0.5) is 0 Å². The Morgan fingerprint density at radius 3 is 2.88 bits per heavy atom. The van der Waals surface area contributed by atoms with Crippen molar-refractivity contribution in [2.75, 3.05) is 7.11 Å². The molecule has 0 saturated carbocycles. The monoisotopic (exact) mass is 225 g/mol. The third-order valence-electron chi connectivity index (χ3n) is 3.29. The molecule has 0 bridgehead atoms. The highest BCUT2D eigenvalue weighted by Crippen LogP contribution is 2.31. The maximum Gasteiger partial charge on any atom is 0.119 e. The van der Waals surface area contributed by atoms with Gasteiger partial charge in [0, 0.05) is 6.54 Å². The van der Waals surface area contributed by atoms with Crippen molar-refractivity contribution in [1.29, 1.82) is 0 Å². The first-order chi connectivity index (χ1) is 8.38. The van der Waals surface area contributed by atoms with Crippen LogP contribution in [0, 0.1) is 0 Å². The Balaban J connectivity index is 2.01. The lowest BCUT2D eigenvalue weighted by atomic mass is 9.98. The van der Waals surface area contributed by atoms with E-state index in [4.69, 9.17) is 4.74 Å². The van der Waals surface area contributed by atoms with Crippen molar-refractivity contribution >= 4 is 0 Å². The molecule has 17 heavy (non-hydrogen) atoms. The van der Waals surface area contributed by atoms with Crippen LogP contribution < -0.4 is 10.1 Å². The molecule has 0 radical (unpaired) electrons. The maximum absolute atomic E-state index is 5.27. The summed E-state index contributed by atoms with van der Waals surface area (Å²) in [4.78, 5) is 0. The Labute approximate surface area is 101 Å². The van der Waals surface area contributed by atoms with Crippen LogP contribution in [0.25, 0.3) is 0 Å². The van der Waals surface area contributed by atoms with Gasteiger partial charge >= 0.3 is 0 Å². The van der Waals surface area contributed by atoms with E-state index in [1.165, 1.54) is 16.7 Å². The van der Waals surface area contributed by atoms with Crippen molar-refractivity contribution in [2.45, 2.75) is 12.6 Å². The van der Waals surface area contributed by atoms with Gasteiger partial charge < -0.3 is 10.1 Å². The fourth-order valence-corrected chi connectivity index (χ4v) is 2.42. The average molecular weight is 225 g/mol. The summed E-state index contributed by atoms with van der Waals surface area (Å²) in [5.41, 5.74) is 4.02. The maximum atomic E-state index is 5.27. The number of rotatable bonds is 2. The molecule has 2 nitrogen and oxygen atoms in total. The first-order valence-electron chi connectivity index (χ1n) is 5.83. The molecule has 0 saturated heterocycles. The SMILES string of the molecule is COc1cccc(C2NCc3ccccc32)c1. The first-order valence-corrected chi connectivity index (χ1v) is 5.83. The molecule has 3 rings (SSSR count). The molecular weight excluding hydrogens is 210 g/mol. The van der Waals surface area contributed by atoms with Gasteiger partial charge in [0.15, 0.2) is 0 Å². The quantitative estimate of drug-likeness (QED) is 0.848. The van der Waals surface area contributed by atoms with Crippen LogP contribution >= 0.6 is 0 Å². The van der Waals surface area contributed by atoms with Gasteiger partial charge in [0.05, 0.1) is 13.2 Å². The molecule has 1 heterocycles. The molecule has 2 aromatic carbocycles. The number of hydrogen-bond acceptors (Lipinski definition) is 2.